The Hall–Kier alpha value is -14.5. The zero-order chi connectivity index (χ0) is 92.6. The van der Waals surface area contributed by atoms with E-state index < -0.39 is 12.1 Å². The Labute approximate surface area is 803 Å². The summed E-state index contributed by atoms with van der Waals surface area (Å²) in [7, 11) is 0. The summed E-state index contributed by atoms with van der Waals surface area (Å²) in [4.78, 5) is 5.61. The molecule has 658 valence electrons. The minimum atomic E-state index is -0.458. The zero-order valence-corrected chi connectivity index (χ0v) is 81.2. The monoisotopic (exact) mass is 1790 g/mol. The van der Waals surface area contributed by atoms with Crippen molar-refractivity contribution in [2.45, 2.75) is 131 Å². The Morgan fingerprint density at radius 2 is 0.603 bits per heavy atom. The molecule has 0 saturated heterocycles. The average Bonchev–Trinajstić information content (AvgIpc) is 0.831. The van der Waals surface area contributed by atoms with Gasteiger partial charge in [0, 0.05) is 123 Å². The van der Waals surface area contributed by atoms with Crippen LogP contribution < -0.4 is 26.2 Å². The molecule has 0 unspecified atom stereocenters. The number of anilines is 6. The first kappa shape index (κ1) is 83.3. The van der Waals surface area contributed by atoms with Gasteiger partial charge in [-0.15, -0.1) is 22.7 Å². The number of benzene rings is 18. The van der Waals surface area contributed by atoms with E-state index in [4.69, 9.17) is 8.83 Å². The number of aromatic nitrogens is 1. The lowest BCUT2D eigenvalue weighted by molar-refractivity contribution is 0.590. The van der Waals surface area contributed by atoms with E-state index in [0.717, 1.165) is 161 Å². The highest BCUT2D eigenvalue weighted by molar-refractivity contribution is 7.26. The number of thiophene rings is 2. The van der Waals surface area contributed by atoms with Crippen LogP contribution >= 0.6 is 22.7 Å². The third-order valence-electron chi connectivity index (χ3n) is 29.3. The molecule has 2 aliphatic rings. The molecule has 0 N–H and O–H groups in total. The Morgan fingerprint density at radius 3 is 1.05 bits per heavy atom. The molecule has 5 nitrogen and oxygen atoms in total. The van der Waals surface area contributed by atoms with Gasteiger partial charge in [-0.05, 0) is 273 Å². The van der Waals surface area contributed by atoms with Crippen LogP contribution in [0.4, 0.5) is 34.1 Å². The van der Waals surface area contributed by atoms with Crippen LogP contribution in [0.15, 0.2) is 367 Å². The van der Waals surface area contributed by atoms with Crippen LogP contribution in [0.3, 0.4) is 0 Å². The van der Waals surface area contributed by atoms with Crippen molar-refractivity contribution in [3.63, 3.8) is 0 Å². The van der Waals surface area contributed by atoms with Crippen molar-refractivity contribution < 1.29 is 8.83 Å². The molecule has 0 bridgehead atoms. The maximum Gasteiger partial charge on any atom is 0.252 e. The predicted molar refractivity (Wildman–Crippen MR) is 587 cm³/mol. The average molecular weight is 1790 g/mol. The van der Waals surface area contributed by atoms with E-state index in [0.29, 0.717) is 0 Å². The van der Waals surface area contributed by atoms with E-state index >= 15 is 0 Å². The molecule has 7 heterocycles. The molecule has 8 heteroatoms. The lowest BCUT2D eigenvalue weighted by Crippen LogP contribution is -2.61. The van der Waals surface area contributed by atoms with Crippen LogP contribution in [-0.4, -0.2) is 11.3 Å². The second kappa shape index (κ2) is 30.5. The third kappa shape index (κ3) is 13.3. The molecule has 25 rings (SSSR count). The van der Waals surface area contributed by atoms with E-state index in [9.17, 15) is 0 Å². The molecule has 0 amide bonds. The maximum absolute atomic E-state index is 7.16. The van der Waals surface area contributed by atoms with Gasteiger partial charge in [-0.25, -0.2) is 0 Å². The van der Waals surface area contributed by atoms with Crippen LogP contribution in [-0.2, 0) is 27.1 Å². The molecule has 136 heavy (non-hydrogen) atoms. The van der Waals surface area contributed by atoms with Crippen LogP contribution in [0.5, 0.6) is 0 Å². The first-order chi connectivity index (χ1) is 65.6. The summed E-state index contributed by atoms with van der Waals surface area (Å²) in [6.45, 7) is 35.3. The number of nitrogens with zero attached hydrogens (tertiary/aromatic N) is 3. The first-order valence-electron chi connectivity index (χ1n) is 48.0. The van der Waals surface area contributed by atoms with E-state index in [1.54, 1.807) is 0 Å². The standard InChI is InChI=1S/C128H104BN3O2S2/c1-124(2,3)81-55-60-103-95(66-81)96-67-82(125(4,5)6)56-61-104(96)130(103)86-57-58-101-106(74-86)132(123-98(88-43-31-49-112-118(88)92-39-23-27-47-110(92)134-112)69-84(127(10,11)12)71-100(123)90-45-33-53-116-120(90)94-41-25-29-51-114(94)136-116)108-73-85(128(13,14)15)72-107-121(108)129(101)102-65-77(80-63-78(75-34-18-16-19-35-75)62-79(64-80)76-36-20-17-21-37-76)54-59-105(102)131(107)122-97(87-42-30-48-111-117(87)91-38-22-26-46-109(91)133-111)68-83(126(7,8)9)70-99(122)89-44-32-52-115-119(89)93-40-24-28-50-113(93)135-115/h16-74H,1-15H3. The number of furan rings is 2. The molecule has 18 aromatic carbocycles. The Kier molecular flexibility index (Phi) is 18.7. The molecule has 0 atom stereocenters. The fraction of sp³-hybridized carbons (Fsp3) is 0.156. The van der Waals surface area contributed by atoms with Crippen molar-refractivity contribution in [1.82, 2.24) is 4.57 Å². The van der Waals surface area contributed by atoms with Gasteiger partial charge in [-0.2, -0.15) is 0 Å². The number of hydrogen-bond acceptors (Lipinski definition) is 6. The maximum atomic E-state index is 7.16. The Balaban J connectivity index is 0.895. The summed E-state index contributed by atoms with van der Waals surface area (Å²) >= 11 is 3.76. The number of fused-ring (bicyclic) bond motifs is 19. The smallest absolute Gasteiger partial charge is 0.252 e. The molecule has 0 saturated carbocycles. The fourth-order valence-corrected chi connectivity index (χ4v) is 24.5. The minimum absolute atomic E-state index is 0.116. The van der Waals surface area contributed by atoms with Crippen LogP contribution in [0.1, 0.15) is 132 Å². The molecular weight excluding hydrogens is 1690 g/mol. The highest BCUT2D eigenvalue weighted by Crippen LogP contribution is 2.60. The molecule has 23 aromatic rings. The van der Waals surface area contributed by atoms with Crippen LogP contribution in [0.2, 0.25) is 0 Å². The van der Waals surface area contributed by atoms with E-state index in [-0.39, 0.29) is 21.7 Å². The second-order valence-corrected chi connectivity index (χ2v) is 45.2. The number of rotatable bonds is 10. The van der Waals surface area contributed by atoms with Gasteiger partial charge in [0.2, 0.25) is 0 Å². The van der Waals surface area contributed by atoms with Crippen molar-refractivity contribution in [3.8, 4) is 83.6 Å². The predicted octanol–water partition coefficient (Wildman–Crippen LogP) is 35.6. The Morgan fingerprint density at radius 1 is 0.228 bits per heavy atom. The van der Waals surface area contributed by atoms with Crippen LogP contribution in [0.25, 0.3) is 190 Å². The summed E-state index contributed by atoms with van der Waals surface area (Å²) in [5.74, 6) is 0. The van der Waals surface area contributed by atoms with Gasteiger partial charge in [-0.3, -0.25) is 0 Å². The normalized spacial score (nSPS) is 13.2. The highest BCUT2D eigenvalue weighted by atomic mass is 32.1. The van der Waals surface area contributed by atoms with Gasteiger partial charge >= 0.3 is 0 Å². The largest absolute Gasteiger partial charge is 0.456 e. The van der Waals surface area contributed by atoms with E-state index in [2.05, 4.69) is 476 Å². The zero-order valence-electron chi connectivity index (χ0n) is 79.6. The molecule has 0 spiro atoms. The van der Waals surface area contributed by atoms with Gasteiger partial charge in [0.05, 0.1) is 22.4 Å². The van der Waals surface area contributed by atoms with Gasteiger partial charge < -0.3 is 23.2 Å². The summed E-state index contributed by atoms with van der Waals surface area (Å²) < 4.78 is 21.9. The minimum Gasteiger partial charge on any atom is -0.456 e. The van der Waals surface area contributed by atoms with E-state index in [1.807, 2.05) is 22.7 Å². The topological polar surface area (TPSA) is 37.7 Å². The fourth-order valence-electron chi connectivity index (χ4n) is 22.3. The van der Waals surface area contributed by atoms with Gasteiger partial charge in [0.1, 0.15) is 22.3 Å². The highest BCUT2D eigenvalue weighted by Gasteiger charge is 2.48. The lowest BCUT2D eigenvalue weighted by Gasteiger charge is -2.47. The van der Waals surface area contributed by atoms with Gasteiger partial charge in [-0.1, -0.05) is 316 Å². The number of hydrogen-bond donors (Lipinski definition) is 0. The molecule has 0 fully saturated rings. The molecule has 2 aliphatic heterocycles. The summed E-state index contributed by atoms with van der Waals surface area (Å²) in [5.41, 5.74) is 37.6. The molecule has 0 radical (unpaired) electrons. The SMILES string of the molecule is CC(C)(C)c1cc(-c2cccc3oc4ccccc4c23)c(N2c3ccc(-c4cc(-c5ccccc5)cc(-c5ccccc5)c4)cc3B3c4ccc(-n5c6ccc(C(C)(C)C)cc6c6cc(C(C)(C)C)ccc65)cc4N(c4c(-c5cccc6oc7ccccc7c56)cc(C(C)(C)C)cc4-c4cccc5sc6ccccc6c45)c4cc(C(C)(C)C)cc2c43)c(-c2cccc3sc4ccccc4c23)c1. The van der Waals surface area contributed by atoms with Crippen molar-refractivity contribution in [2.24, 2.45) is 0 Å². The Bertz CT molecular complexity index is 8560. The van der Waals surface area contributed by atoms with Gasteiger partial charge in [0.15, 0.2) is 0 Å². The van der Waals surface area contributed by atoms with Crippen molar-refractivity contribution >= 4 is 186 Å². The quantitative estimate of drug-likeness (QED) is 0.128. The van der Waals surface area contributed by atoms with Crippen molar-refractivity contribution in [2.75, 3.05) is 9.80 Å². The second-order valence-electron chi connectivity index (χ2n) is 43.1. The van der Waals surface area contributed by atoms with Crippen molar-refractivity contribution in [3.05, 3.63) is 386 Å². The molecular formula is C128H104BN3O2S2. The van der Waals surface area contributed by atoms with Crippen molar-refractivity contribution in [1.29, 1.82) is 0 Å². The lowest BCUT2D eigenvalue weighted by atomic mass is 9.33. The summed E-state index contributed by atoms with van der Waals surface area (Å²) in [6, 6.07) is 138. The van der Waals surface area contributed by atoms with E-state index in [1.165, 1.54) is 106 Å². The first-order valence-corrected chi connectivity index (χ1v) is 49.6. The third-order valence-corrected chi connectivity index (χ3v) is 31.6. The summed E-state index contributed by atoms with van der Waals surface area (Å²) in [5, 5.41) is 11.7. The number of para-hydroxylation sites is 2. The van der Waals surface area contributed by atoms with Gasteiger partial charge in [0.25, 0.3) is 6.71 Å². The molecule has 0 aliphatic carbocycles. The van der Waals surface area contributed by atoms with Crippen LogP contribution in [0, 0.1) is 0 Å². The summed E-state index contributed by atoms with van der Waals surface area (Å²) in [6.07, 6.45) is 0. The molecule has 5 aromatic heterocycles.